The SMILES string of the molecule is CC(=O)O[BH-](OC(C)=O)OC(C)=O.C[C@@H]1COCCN1c1cnc(CN(CCO)Cc2ccccc2)c(Cl)n1.[Na+]. The minimum atomic E-state index is -2.41. The van der Waals surface area contributed by atoms with E-state index in [1.807, 2.05) is 18.2 Å². The predicted octanol–water partition coefficient (Wildman–Crippen LogP) is -1.25. The fourth-order valence-electron chi connectivity index (χ4n) is 3.69. The number of carbonyl (C=O) groups excluding carboxylic acids is 3. The van der Waals surface area contributed by atoms with Gasteiger partial charge in [-0.25, -0.2) is 4.98 Å². The number of aliphatic hydroxyl groups is 1. The quantitative estimate of drug-likeness (QED) is 0.332. The molecule has 214 valence electrons. The third-order valence-corrected chi connectivity index (χ3v) is 5.75. The topological polar surface area (TPSA) is 141 Å². The van der Waals surface area contributed by atoms with Crippen molar-refractivity contribution in [2.24, 2.45) is 0 Å². The number of aromatic nitrogens is 2. The van der Waals surface area contributed by atoms with Crippen LogP contribution in [0.25, 0.3) is 0 Å². The standard InChI is InChI=1S/C19H25ClN4O2.C6H10BO6.Na/c1-15-14-26-10-8-24(15)18-11-21-17(19(20)22-18)13-23(7-9-25)12-16-5-3-2-4-6-16;1-4(8)11-7(12-5(2)9)13-6(3)10;/h2-6,11,15,25H,7-10,12-14H2,1H3;7H,1-3H3;/q;-1;+1/t15-;;/m1../s1. The molecule has 1 aliphatic rings. The number of aliphatic hydroxyl groups excluding tert-OH is 1. The fraction of sp³-hybridized carbons (Fsp3) is 0.480. The zero-order valence-electron chi connectivity index (χ0n) is 23.7. The van der Waals surface area contributed by atoms with Crippen LogP contribution in [-0.4, -0.2) is 84.2 Å². The van der Waals surface area contributed by atoms with E-state index in [1.54, 1.807) is 6.20 Å². The Hall–Kier alpha value is -2.26. The van der Waals surface area contributed by atoms with E-state index in [0.29, 0.717) is 31.5 Å². The van der Waals surface area contributed by atoms with Gasteiger partial charge in [-0.05, 0) is 12.5 Å². The summed E-state index contributed by atoms with van der Waals surface area (Å²) in [6.45, 7) is 9.52. The summed E-state index contributed by atoms with van der Waals surface area (Å²) in [4.78, 5) is 44.7. The fourth-order valence-corrected chi connectivity index (χ4v) is 3.89. The second kappa shape index (κ2) is 19.0. The molecule has 40 heavy (non-hydrogen) atoms. The molecule has 0 bridgehead atoms. The molecule has 1 aromatic heterocycles. The first-order chi connectivity index (χ1) is 18.6. The van der Waals surface area contributed by atoms with Gasteiger partial charge in [-0.15, -0.1) is 0 Å². The molecule has 0 amide bonds. The minimum Gasteiger partial charge on any atom is -0.625 e. The van der Waals surface area contributed by atoms with Crippen LogP contribution >= 0.6 is 11.6 Å². The summed E-state index contributed by atoms with van der Waals surface area (Å²) in [6, 6.07) is 10.4. The number of ether oxygens (including phenoxy) is 1. The van der Waals surface area contributed by atoms with Gasteiger partial charge in [0, 0.05) is 47.0 Å². The number of hydrogen-bond acceptors (Lipinski definition) is 12. The molecule has 0 unspecified atom stereocenters. The van der Waals surface area contributed by atoms with E-state index >= 15 is 0 Å². The number of hydrogen-bond donors (Lipinski definition) is 1. The average Bonchev–Trinajstić information content (AvgIpc) is 2.85. The molecular formula is C25H35BClN4NaO8. The Labute approximate surface area is 261 Å². The molecule has 1 aromatic carbocycles. The molecule has 3 rings (SSSR count). The normalized spacial score (nSPS) is 14.5. The number of anilines is 1. The van der Waals surface area contributed by atoms with Crippen molar-refractivity contribution >= 4 is 42.6 Å². The van der Waals surface area contributed by atoms with Gasteiger partial charge in [0.25, 0.3) is 17.9 Å². The van der Waals surface area contributed by atoms with Gasteiger partial charge in [-0.2, -0.15) is 0 Å². The summed E-state index contributed by atoms with van der Waals surface area (Å²) >= 11 is 6.42. The van der Waals surface area contributed by atoms with Crippen molar-refractivity contribution in [2.75, 3.05) is 37.8 Å². The second-order valence-corrected chi connectivity index (χ2v) is 9.12. The molecule has 1 fully saturated rings. The molecule has 1 aliphatic heterocycles. The Balaban J connectivity index is 0.000000489. The smallest absolute Gasteiger partial charge is 0.625 e. The maximum atomic E-state index is 10.4. The van der Waals surface area contributed by atoms with Gasteiger partial charge < -0.3 is 28.7 Å². The summed E-state index contributed by atoms with van der Waals surface area (Å²) in [5, 5.41) is 9.79. The number of nitrogens with zero attached hydrogens (tertiary/aromatic N) is 4. The molecule has 2 aromatic rings. The van der Waals surface area contributed by atoms with E-state index in [0.717, 1.165) is 45.4 Å². The minimum absolute atomic E-state index is 0. The van der Waals surface area contributed by atoms with Crippen LogP contribution in [0.5, 0.6) is 0 Å². The van der Waals surface area contributed by atoms with Crippen LogP contribution in [0, 0.1) is 0 Å². The number of morpholine rings is 1. The number of carbonyl (C=O) groups is 3. The Bertz CT molecular complexity index is 1050. The van der Waals surface area contributed by atoms with Crippen molar-refractivity contribution in [1.82, 2.24) is 14.9 Å². The Morgan fingerprint density at radius 1 is 1.10 bits per heavy atom. The van der Waals surface area contributed by atoms with Crippen molar-refractivity contribution in [1.29, 1.82) is 0 Å². The van der Waals surface area contributed by atoms with Crippen molar-refractivity contribution in [3.05, 3.63) is 52.9 Å². The molecule has 0 spiro atoms. The maximum absolute atomic E-state index is 10.4. The van der Waals surface area contributed by atoms with Crippen molar-refractivity contribution in [3.8, 4) is 0 Å². The summed E-state index contributed by atoms with van der Waals surface area (Å²) in [6.07, 6.45) is 1.78. The molecule has 0 radical (unpaired) electrons. The van der Waals surface area contributed by atoms with E-state index < -0.39 is 25.2 Å². The number of halogens is 1. The van der Waals surface area contributed by atoms with Gasteiger partial charge in [0.2, 0.25) is 0 Å². The Kier molecular flexibility index (Phi) is 17.0. The van der Waals surface area contributed by atoms with Crippen LogP contribution < -0.4 is 34.5 Å². The van der Waals surface area contributed by atoms with Crippen LogP contribution in [0.15, 0.2) is 36.5 Å². The van der Waals surface area contributed by atoms with Crippen LogP contribution in [0.2, 0.25) is 5.15 Å². The van der Waals surface area contributed by atoms with Gasteiger partial charge in [-0.1, -0.05) is 41.9 Å². The average molecular weight is 589 g/mol. The maximum Gasteiger partial charge on any atom is 1.00 e. The first-order valence-electron chi connectivity index (χ1n) is 12.5. The van der Waals surface area contributed by atoms with Gasteiger partial charge >= 0.3 is 36.9 Å². The third kappa shape index (κ3) is 13.4. The molecule has 1 N–H and O–H groups in total. The Morgan fingerprint density at radius 3 is 2.20 bits per heavy atom. The van der Waals surface area contributed by atoms with Gasteiger partial charge in [-0.3, -0.25) is 24.3 Å². The van der Waals surface area contributed by atoms with E-state index in [4.69, 9.17) is 16.3 Å². The summed E-state index contributed by atoms with van der Waals surface area (Å²) < 4.78 is 18.8. The third-order valence-electron chi connectivity index (χ3n) is 5.45. The largest absolute Gasteiger partial charge is 1.00 e. The summed E-state index contributed by atoms with van der Waals surface area (Å²) in [5.74, 6) is -1.25. The molecule has 2 heterocycles. The molecule has 0 aliphatic carbocycles. The molecular weight excluding hydrogens is 554 g/mol. The van der Waals surface area contributed by atoms with E-state index in [9.17, 15) is 19.5 Å². The first kappa shape index (κ1) is 35.8. The summed E-state index contributed by atoms with van der Waals surface area (Å²) in [5.41, 5.74) is 1.91. The summed E-state index contributed by atoms with van der Waals surface area (Å²) in [7, 11) is -2.41. The first-order valence-corrected chi connectivity index (χ1v) is 12.9. The van der Waals surface area contributed by atoms with Gasteiger partial charge in [0.15, 0.2) is 5.15 Å². The van der Waals surface area contributed by atoms with Gasteiger partial charge in [0.1, 0.15) is 5.82 Å². The monoisotopic (exact) mass is 588 g/mol. The number of benzene rings is 1. The van der Waals surface area contributed by atoms with Crippen molar-refractivity contribution in [2.45, 2.75) is 46.8 Å². The van der Waals surface area contributed by atoms with Crippen LogP contribution in [0.1, 0.15) is 39.0 Å². The van der Waals surface area contributed by atoms with E-state index in [1.165, 1.54) is 5.56 Å². The molecule has 0 saturated carbocycles. The zero-order chi connectivity index (χ0) is 28.8. The molecule has 1 saturated heterocycles. The van der Waals surface area contributed by atoms with E-state index in [2.05, 4.69) is 52.8 Å². The molecule has 15 heteroatoms. The predicted molar refractivity (Wildman–Crippen MR) is 145 cm³/mol. The Morgan fingerprint density at radius 2 is 1.70 bits per heavy atom. The van der Waals surface area contributed by atoms with Crippen molar-refractivity contribution < 1.29 is 67.7 Å². The number of rotatable bonds is 10. The molecule has 1 atom stereocenters. The van der Waals surface area contributed by atoms with E-state index in [-0.39, 0.29) is 42.2 Å². The second-order valence-electron chi connectivity index (χ2n) is 8.76. The zero-order valence-corrected chi connectivity index (χ0v) is 26.4. The van der Waals surface area contributed by atoms with Crippen LogP contribution in [-0.2, 0) is 46.2 Å². The van der Waals surface area contributed by atoms with Crippen LogP contribution in [0.3, 0.4) is 0 Å². The van der Waals surface area contributed by atoms with Crippen molar-refractivity contribution in [3.63, 3.8) is 0 Å². The van der Waals surface area contributed by atoms with Gasteiger partial charge in [0.05, 0.1) is 37.8 Å². The molecule has 12 nitrogen and oxygen atoms in total. The van der Waals surface area contributed by atoms with Crippen LogP contribution in [0.4, 0.5) is 5.82 Å².